The molecule has 1 aliphatic heterocycles. The van der Waals surface area contributed by atoms with Crippen molar-refractivity contribution in [3.63, 3.8) is 0 Å². The number of halogens is 1. The van der Waals surface area contributed by atoms with Crippen molar-refractivity contribution in [1.82, 2.24) is 14.5 Å². The number of nitrogens with zero attached hydrogens (tertiary/aromatic N) is 2. The lowest BCUT2D eigenvalue weighted by atomic mass is 9.94. The van der Waals surface area contributed by atoms with Crippen molar-refractivity contribution in [3.8, 4) is 0 Å². The van der Waals surface area contributed by atoms with Gasteiger partial charge in [0.2, 0.25) is 21.8 Å². The van der Waals surface area contributed by atoms with Gasteiger partial charge < -0.3 is 10.2 Å². The maximum absolute atomic E-state index is 13.4. The summed E-state index contributed by atoms with van der Waals surface area (Å²) in [4.78, 5) is 28.2. The molecule has 33 heavy (non-hydrogen) atoms. The normalized spacial score (nSPS) is 19.7. The summed E-state index contributed by atoms with van der Waals surface area (Å²) in [7, 11) is -3.95. The molecule has 1 N–H and O–H groups in total. The first-order valence-electron chi connectivity index (χ1n) is 10.9. The van der Waals surface area contributed by atoms with Crippen molar-refractivity contribution < 1.29 is 18.0 Å². The van der Waals surface area contributed by atoms with Crippen LogP contribution in [0.15, 0.2) is 59.5 Å². The van der Waals surface area contributed by atoms with Crippen LogP contribution in [0.25, 0.3) is 0 Å². The molecule has 0 aliphatic carbocycles. The van der Waals surface area contributed by atoms with E-state index in [1.165, 1.54) is 17.0 Å². The van der Waals surface area contributed by atoms with Gasteiger partial charge in [-0.2, -0.15) is 4.31 Å². The number of piperazine rings is 1. The zero-order chi connectivity index (χ0) is 24.2. The molecule has 178 valence electrons. The van der Waals surface area contributed by atoms with Crippen LogP contribution >= 0.6 is 11.6 Å². The summed E-state index contributed by atoms with van der Waals surface area (Å²) in [6.07, 6.45) is 0.777. The van der Waals surface area contributed by atoms with Crippen LogP contribution in [0.5, 0.6) is 0 Å². The number of carbonyl (C=O) groups is 2. The molecule has 2 amide bonds. The summed E-state index contributed by atoms with van der Waals surface area (Å²) in [6.45, 7) is 5.87. The van der Waals surface area contributed by atoms with Gasteiger partial charge in [0, 0.05) is 24.7 Å². The third-order valence-electron chi connectivity index (χ3n) is 5.82. The minimum absolute atomic E-state index is 0.0894. The van der Waals surface area contributed by atoms with E-state index in [2.05, 4.69) is 19.2 Å². The van der Waals surface area contributed by atoms with Crippen LogP contribution in [0.2, 0.25) is 5.02 Å². The van der Waals surface area contributed by atoms with Crippen molar-refractivity contribution >= 4 is 33.4 Å². The summed E-state index contributed by atoms with van der Waals surface area (Å²) >= 11 is 5.98. The highest BCUT2D eigenvalue weighted by Crippen LogP contribution is 2.29. The van der Waals surface area contributed by atoms with E-state index in [4.69, 9.17) is 11.6 Å². The number of amides is 2. The van der Waals surface area contributed by atoms with E-state index in [9.17, 15) is 18.0 Å². The molecule has 0 radical (unpaired) electrons. The van der Waals surface area contributed by atoms with E-state index in [1.54, 1.807) is 49.4 Å². The predicted molar refractivity (Wildman–Crippen MR) is 128 cm³/mol. The highest BCUT2D eigenvalue weighted by molar-refractivity contribution is 7.89. The van der Waals surface area contributed by atoms with Crippen molar-refractivity contribution in [3.05, 3.63) is 65.2 Å². The highest BCUT2D eigenvalue weighted by atomic mass is 35.5. The average Bonchev–Trinajstić information content (AvgIpc) is 2.77. The second kappa shape index (κ2) is 10.2. The molecule has 1 aliphatic rings. The van der Waals surface area contributed by atoms with E-state index in [1.807, 2.05) is 0 Å². The van der Waals surface area contributed by atoms with E-state index < -0.39 is 21.5 Å². The van der Waals surface area contributed by atoms with E-state index >= 15 is 0 Å². The summed E-state index contributed by atoms with van der Waals surface area (Å²) in [6, 6.07) is 15.0. The molecular formula is C24H30ClN3O4S. The van der Waals surface area contributed by atoms with Gasteiger partial charge in [0.15, 0.2) is 0 Å². The van der Waals surface area contributed by atoms with Gasteiger partial charge >= 0.3 is 0 Å². The first-order chi connectivity index (χ1) is 15.5. The third-order valence-corrected chi connectivity index (χ3v) is 7.88. The van der Waals surface area contributed by atoms with Gasteiger partial charge in [0.25, 0.3) is 0 Å². The number of carbonyl (C=O) groups excluding carboxylic acids is 2. The van der Waals surface area contributed by atoms with Gasteiger partial charge in [0.1, 0.15) is 5.54 Å². The Labute approximate surface area is 200 Å². The van der Waals surface area contributed by atoms with Crippen molar-refractivity contribution in [2.45, 2.75) is 44.2 Å². The first kappa shape index (κ1) is 25.2. The quantitative estimate of drug-likeness (QED) is 0.613. The summed E-state index contributed by atoms with van der Waals surface area (Å²) in [5, 5.41) is 3.47. The lowest BCUT2D eigenvalue weighted by Crippen LogP contribution is -2.69. The van der Waals surface area contributed by atoms with Crippen molar-refractivity contribution in [2.75, 3.05) is 19.6 Å². The van der Waals surface area contributed by atoms with Gasteiger partial charge in [-0.25, -0.2) is 8.42 Å². The lowest BCUT2D eigenvalue weighted by Gasteiger charge is -2.46. The smallest absolute Gasteiger partial charge is 0.247 e. The molecule has 1 unspecified atom stereocenters. The van der Waals surface area contributed by atoms with Crippen LogP contribution < -0.4 is 5.32 Å². The Morgan fingerprint density at radius 3 is 2.36 bits per heavy atom. The topological polar surface area (TPSA) is 86.8 Å². The monoisotopic (exact) mass is 491 g/mol. The number of hydrogen-bond acceptors (Lipinski definition) is 4. The molecule has 0 aromatic heterocycles. The molecular weight excluding hydrogens is 462 g/mol. The van der Waals surface area contributed by atoms with Crippen LogP contribution in [0.1, 0.15) is 32.8 Å². The van der Waals surface area contributed by atoms with Gasteiger partial charge in [-0.1, -0.05) is 55.8 Å². The Morgan fingerprint density at radius 1 is 1.12 bits per heavy atom. The van der Waals surface area contributed by atoms with Crippen LogP contribution in [-0.4, -0.2) is 54.6 Å². The fourth-order valence-corrected chi connectivity index (χ4v) is 5.43. The highest BCUT2D eigenvalue weighted by Gasteiger charge is 2.50. The van der Waals surface area contributed by atoms with Gasteiger partial charge in [0.05, 0.1) is 11.4 Å². The molecule has 1 atom stereocenters. The second-order valence-electron chi connectivity index (χ2n) is 8.90. The molecule has 0 saturated carbocycles. The van der Waals surface area contributed by atoms with E-state index in [0.29, 0.717) is 17.5 Å². The zero-order valence-corrected chi connectivity index (χ0v) is 20.7. The Hall–Kier alpha value is -2.42. The lowest BCUT2D eigenvalue weighted by molar-refractivity contribution is -0.153. The Kier molecular flexibility index (Phi) is 7.82. The minimum atomic E-state index is -3.95. The maximum Gasteiger partial charge on any atom is 0.247 e. The largest absolute Gasteiger partial charge is 0.354 e. The molecule has 1 fully saturated rings. The fraction of sp³-hybridized carbons (Fsp3) is 0.417. The van der Waals surface area contributed by atoms with Crippen LogP contribution in [0.3, 0.4) is 0 Å². The predicted octanol–water partition coefficient (Wildman–Crippen LogP) is 3.29. The molecule has 0 bridgehead atoms. The molecule has 1 heterocycles. The summed E-state index contributed by atoms with van der Waals surface area (Å²) < 4.78 is 27.6. The Morgan fingerprint density at radius 2 is 1.76 bits per heavy atom. The average molecular weight is 492 g/mol. The van der Waals surface area contributed by atoms with Gasteiger partial charge in [-0.3, -0.25) is 9.59 Å². The van der Waals surface area contributed by atoms with E-state index in [-0.39, 0.29) is 30.4 Å². The number of sulfonamides is 1. The molecule has 9 heteroatoms. The fourth-order valence-electron chi connectivity index (χ4n) is 3.80. The Balaban J connectivity index is 1.93. The zero-order valence-electron chi connectivity index (χ0n) is 19.1. The van der Waals surface area contributed by atoms with Crippen LogP contribution in [-0.2, 0) is 26.2 Å². The van der Waals surface area contributed by atoms with Crippen molar-refractivity contribution in [2.24, 2.45) is 5.92 Å². The summed E-state index contributed by atoms with van der Waals surface area (Å²) in [5.74, 6) is -0.415. The standard InChI is InChI=1S/C24H30ClN3O4S/c1-18(2)13-14-26-23(30)24(3)17-27(33(31,32)21-7-5-4-6-8-21)16-22(29)28(24)15-19-9-11-20(25)12-10-19/h4-12,18H,13-17H2,1-3H3,(H,26,30). The SMILES string of the molecule is CC(C)CCNC(=O)C1(C)CN(S(=O)(=O)c2ccccc2)CC(=O)N1Cc1ccc(Cl)cc1. The Bertz CT molecular complexity index is 1090. The van der Waals surface area contributed by atoms with Gasteiger partial charge in [-0.05, 0) is 49.1 Å². The van der Waals surface area contributed by atoms with E-state index in [0.717, 1.165) is 16.3 Å². The number of hydrogen-bond donors (Lipinski definition) is 1. The molecule has 2 aromatic carbocycles. The number of rotatable bonds is 8. The molecule has 7 nitrogen and oxygen atoms in total. The number of benzene rings is 2. The molecule has 3 rings (SSSR count). The summed E-state index contributed by atoms with van der Waals surface area (Å²) in [5.41, 5.74) is -0.582. The number of nitrogens with one attached hydrogen (secondary N) is 1. The maximum atomic E-state index is 13.4. The van der Waals surface area contributed by atoms with Crippen LogP contribution in [0.4, 0.5) is 0 Å². The first-order valence-corrected chi connectivity index (χ1v) is 12.7. The van der Waals surface area contributed by atoms with Crippen LogP contribution in [0, 0.1) is 5.92 Å². The molecule has 1 saturated heterocycles. The van der Waals surface area contributed by atoms with Crippen molar-refractivity contribution in [1.29, 1.82) is 0 Å². The molecule has 2 aromatic rings. The third kappa shape index (κ3) is 5.75. The van der Waals surface area contributed by atoms with Gasteiger partial charge in [-0.15, -0.1) is 0 Å². The second-order valence-corrected chi connectivity index (χ2v) is 11.3. The minimum Gasteiger partial charge on any atom is -0.354 e. The molecule has 0 spiro atoms.